The molecule has 0 saturated carbocycles. The predicted octanol–water partition coefficient (Wildman–Crippen LogP) is 2.45. The summed E-state index contributed by atoms with van der Waals surface area (Å²) in [6, 6.07) is 7.55. The fraction of sp³-hybridized carbons (Fsp3) is 0.214. The lowest BCUT2D eigenvalue weighted by Crippen LogP contribution is -2.04. The molecule has 0 radical (unpaired) electrons. The molecule has 0 amide bonds. The minimum atomic E-state index is 0.525. The van der Waals surface area contributed by atoms with Gasteiger partial charge in [-0.1, -0.05) is 6.07 Å². The van der Waals surface area contributed by atoms with E-state index in [0.717, 1.165) is 11.3 Å². The van der Waals surface area contributed by atoms with Crippen LogP contribution in [0.2, 0.25) is 0 Å². The van der Waals surface area contributed by atoms with Gasteiger partial charge in [0.2, 0.25) is 5.75 Å². The maximum absolute atomic E-state index is 8.96. The van der Waals surface area contributed by atoms with Gasteiger partial charge in [0.1, 0.15) is 6.33 Å². The fourth-order valence-corrected chi connectivity index (χ4v) is 1.79. The van der Waals surface area contributed by atoms with Crippen molar-refractivity contribution in [1.29, 1.82) is 5.26 Å². The molecule has 0 atom stereocenters. The van der Waals surface area contributed by atoms with Gasteiger partial charge in [-0.2, -0.15) is 5.26 Å². The van der Waals surface area contributed by atoms with Gasteiger partial charge in [-0.3, -0.25) is 0 Å². The topological polar surface area (TPSA) is 82.9 Å². The number of rotatable bonds is 4. The molecule has 0 fully saturated rings. The number of nitriles is 1. The number of hydrogen-bond acceptors (Lipinski definition) is 6. The predicted molar refractivity (Wildman–Crippen MR) is 77.3 cm³/mol. The Labute approximate surface area is 117 Å². The smallest absolute Gasteiger partial charge is 0.204 e. The zero-order valence-corrected chi connectivity index (χ0v) is 11.6. The van der Waals surface area contributed by atoms with Crippen molar-refractivity contribution in [1.82, 2.24) is 9.97 Å². The second-order valence-corrected chi connectivity index (χ2v) is 4.12. The molecule has 6 heteroatoms. The van der Waals surface area contributed by atoms with Crippen LogP contribution in [0, 0.1) is 18.3 Å². The first kappa shape index (κ1) is 13.6. The number of anilines is 3. The maximum atomic E-state index is 8.96. The van der Waals surface area contributed by atoms with Crippen molar-refractivity contribution in [2.75, 3.05) is 24.8 Å². The molecule has 1 aromatic carbocycles. The second kappa shape index (κ2) is 5.89. The number of benzene rings is 1. The highest BCUT2D eigenvalue weighted by Crippen LogP contribution is 2.31. The van der Waals surface area contributed by atoms with Crippen LogP contribution in [-0.4, -0.2) is 24.1 Å². The first-order valence-corrected chi connectivity index (χ1v) is 6.04. The van der Waals surface area contributed by atoms with Crippen molar-refractivity contribution in [2.45, 2.75) is 6.92 Å². The van der Waals surface area contributed by atoms with E-state index < -0.39 is 0 Å². The minimum Gasteiger partial charge on any atom is -0.490 e. The van der Waals surface area contributed by atoms with Gasteiger partial charge in [-0.25, -0.2) is 9.97 Å². The number of hydrogen-bond donors (Lipinski definition) is 2. The Morgan fingerprint density at radius 2 is 2.00 bits per heavy atom. The molecule has 2 rings (SSSR count). The average molecular weight is 269 g/mol. The van der Waals surface area contributed by atoms with Crippen molar-refractivity contribution in [3.63, 3.8) is 0 Å². The molecule has 0 aliphatic rings. The van der Waals surface area contributed by atoms with Gasteiger partial charge in [0.25, 0.3) is 0 Å². The van der Waals surface area contributed by atoms with Crippen LogP contribution in [0.5, 0.6) is 5.75 Å². The summed E-state index contributed by atoms with van der Waals surface area (Å²) in [5.74, 6) is 1.67. The molecule has 6 nitrogen and oxygen atoms in total. The highest BCUT2D eigenvalue weighted by atomic mass is 16.5. The van der Waals surface area contributed by atoms with E-state index in [9.17, 15) is 0 Å². The van der Waals surface area contributed by atoms with Crippen molar-refractivity contribution in [3.8, 4) is 11.8 Å². The highest BCUT2D eigenvalue weighted by molar-refractivity contribution is 5.71. The molecule has 2 N–H and O–H groups in total. The minimum absolute atomic E-state index is 0.525. The van der Waals surface area contributed by atoms with Gasteiger partial charge in [-0.05, 0) is 24.6 Å². The van der Waals surface area contributed by atoms with Crippen molar-refractivity contribution >= 4 is 17.3 Å². The first-order valence-electron chi connectivity index (χ1n) is 6.04. The third kappa shape index (κ3) is 2.62. The number of aryl methyl sites for hydroxylation is 1. The third-order valence-electron chi connectivity index (χ3n) is 2.86. The third-order valence-corrected chi connectivity index (χ3v) is 2.86. The van der Waals surface area contributed by atoms with Gasteiger partial charge in [0.05, 0.1) is 18.7 Å². The summed E-state index contributed by atoms with van der Waals surface area (Å²) in [7, 11) is 3.32. The van der Waals surface area contributed by atoms with Crippen LogP contribution in [0.1, 0.15) is 11.1 Å². The largest absolute Gasteiger partial charge is 0.490 e. The van der Waals surface area contributed by atoms with Crippen LogP contribution in [0.15, 0.2) is 24.5 Å². The normalized spacial score (nSPS) is 9.70. The molecule has 0 aliphatic heterocycles. The van der Waals surface area contributed by atoms with Crippen LogP contribution < -0.4 is 15.4 Å². The van der Waals surface area contributed by atoms with E-state index in [-0.39, 0.29) is 0 Å². The van der Waals surface area contributed by atoms with E-state index in [0.29, 0.717) is 22.9 Å². The van der Waals surface area contributed by atoms with Gasteiger partial charge in [-0.15, -0.1) is 0 Å². The average Bonchev–Trinajstić information content (AvgIpc) is 2.49. The lowest BCUT2D eigenvalue weighted by molar-refractivity contribution is 0.415. The molecule has 1 heterocycles. The summed E-state index contributed by atoms with van der Waals surface area (Å²) >= 11 is 0. The summed E-state index contributed by atoms with van der Waals surface area (Å²) < 4.78 is 5.32. The fourth-order valence-electron chi connectivity index (χ4n) is 1.79. The molecule has 0 bridgehead atoms. The van der Waals surface area contributed by atoms with E-state index in [1.807, 2.05) is 13.0 Å². The molecule has 1 aromatic heterocycles. The Morgan fingerprint density at radius 3 is 2.65 bits per heavy atom. The standard InChI is InChI=1S/C14H15N5O/c1-9-4-5-10(7-15)6-11(9)19-14-12(20-3)13(16-2)17-8-18-14/h4-6,8H,1-3H3,(H2,16,17,18,19). The molecule has 2 aromatic rings. The van der Waals surface area contributed by atoms with E-state index in [1.165, 1.54) is 6.33 Å². The van der Waals surface area contributed by atoms with Gasteiger partial charge >= 0.3 is 0 Å². The van der Waals surface area contributed by atoms with Crippen molar-refractivity contribution in [2.24, 2.45) is 0 Å². The Bertz CT molecular complexity index is 663. The second-order valence-electron chi connectivity index (χ2n) is 4.12. The number of nitrogens with zero attached hydrogens (tertiary/aromatic N) is 3. The number of ether oxygens (including phenoxy) is 1. The summed E-state index contributed by atoms with van der Waals surface area (Å²) in [5, 5.41) is 15.1. The van der Waals surface area contributed by atoms with Crippen LogP contribution in [0.3, 0.4) is 0 Å². The maximum Gasteiger partial charge on any atom is 0.204 e. The van der Waals surface area contributed by atoms with E-state index in [4.69, 9.17) is 10.00 Å². The molecular formula is C14H15N5O. The van der Waals surface area contributed by atoms with Gasteiger partial charge in [0.15, 0.2) is 11.6 Å². The highest BCUT2D eigenvalue weighted by Gasteiger charge is 2.12. The zero-order chi connectivity index (χ0) is 14.5. The van der Waals surface area contributed by atoms with Crippen molar-refractivity contribution < 1.29 is 4.74 Å². The lowest BCUT2D eigenvalue weighted by atomic mass is 10.1. The summed E-state index contributed by atoms with van der Waals surface area (Å²) in [5.41, 5.74) is 2.40. The Balaban J connectivity index is 2.42. The summed E-state index contributed by atoms with van der Waals surface area (Å²) in [6.07, 6.45) is 1.44. The van der Waals surface area contributed by atoms with Crippen LogP contribution in [0.25, 0.3) is 0 Å². The first-order chi connectivity index (χ1) is 9.69. The Kier molecular flexibility index (Phi) is 4.01. The van der Waals surface area contributed by atoms with Gasteiger partial charge in [0, 0.05) is 12.7 Å². The molecule has 0 spiro atoms. The molecule has 20 heavy (non-hydrogen) atoms. The van der Waals surface area contributed by atoms with E-state index >= 15 is 0 Å². The molecule has 0 aliphatic carbocycles. The number of methoxy groups -OCH3 is 1. The molecule has 0 saturated heterocycles. The summed E-state index contributed by atoms with van der Waals surface area (Å²) in [4.78, 5) is 8.27. The van der Waals surface area contributed by atoms with Crippen molar-refractivity contribution in [3.05, 3.63) is 35.7 Å². The van der Waals surface area contributed by atoms with Crippen LogP contribution in [0.4, 0.5) is 17.3 Å². The molecule has 0 unspecified atom stereocenters. The lowest BCUT2D eigenvalue weighted by Gasteiger charge is -2.14. The quantitative estimate of drug-likeness (QED) is 0.887. The van der Waals surface area contributed by atoms with Gasteiger partial charge < -0.3 is 15.4 Å². The molecular weight excluding hydrogens is 254 g/mol. The molecule has 102 valence electrons. The SMILES string of the molecule is CNc1ncnc(Nc2cc(C#N)ccc2C)c1OC. The number of aromatic nitrogens is 2. The number of nitrogens with one attached hydrogen (secondary N) is 2. The van der Waals surface area contributed by atoms with E-state index in [1.54, 1.807) is 26.3 Å². The monoisotopic (exact) mass is 269 g/mol. The summed E-state index contributed by atoms with van der Waals surface area (Å²) in [6.45, 7) is 1.95. The van der Waals surface area contributed by atoms with Crippen LogP contribution >= 0.6 is 0 Å². The Hall–Kier alpha value is -2.81. The Morgan fingerprint density at radius 1 is 1.25 bits per heavy atom. The zero-order valence-electron chi connectivity index (χ0n) is 11.6. The van der Waals surface area contributed by atoms with Crippen LogP contribution in [-0.2, 0) is 0 Å². The van der Waals surface area contributed by atoms with E-state index in [2.05, 4.69) is 26.7 Å².